The quantitative estimate of drug-likeness (QED) is 0.562. The molecule has 2 aliphatic heterocycles. The molecular weight excluding hydrogens is 464 g/mol. The van der Waals surface area contributed by atoms with Gasteiger partial charge in [-0.25, -0.2) is 0 Å². The molecule has 2 aliphatic rings. The molecule has 5 rings (SSSR count). The fourth-order valence-electron chi connectivity index (χ4n) is 4.40. The van der Waals surface area contributed by atoms with Gasteiger partial charge in [-0.1, -0.05) is 43.3 Å². The zero-order valence-electron chi connectivity index (χ0n) is 20.0. The molecule has 182 valence electrons. The third-order valence-electron chi connectivity index (χ3n) is 6.31. The summed E-state index contributed by atoms with van der Waals surface area (Å²) in [5.74, 6) is 1.96. The number of hydrogen-bond donors (Lipinski definition) is 1. The van der Waals surface area contributed by atoms with Crippen molar-refractivity contribution in [2.45, 2.75) is 31.6 Å². The Bertz CT molecular complexity index is 1260. The Hall–Kier alpha value is -3.46. The minimum Gasteiger partial charge on any atom is -0.454 e. The summed E-state index contributed by atoms with van der Waals surface area (Å²) in [7, 11) is 1.82. The van der Waals surface area contributed by atoms with Crippen molar-refractivity contribution in [2.75, 3.05) is 24.0 Å². The Kier molecular flexibility index (Phi) is 6.42. The second kappa shape index (κ2) is 9.65. The molecule has 1 aromatic heterocycles. The maximum absolute atomic E-state index is 13.4. The first-order valence-electron chi connectivity index (χ1n) is 11.7. The van der Waals surface area contributed by atoms with Gasteiger partial charge in [0.05, 0.1) is 16.7 Å². The highest BCUT2D eigenvalue weighted by Crippen LogP contribution is 2.49. The number of carbonyl (C=O) groups excluding carboxylic acids is 2. The molecule has 2 atom stereocenters. The summed E-state index contributed by atoms with van der Waals surface area (Å²) in [6.45, 7) is 4.11. The van der Waals surface area contributed by atoms with Crippen LogP contribution >= 0.6 is 11.8 Å². The van der Waals surface area contributed by atoms with Gasteiger partial charge >= 0.3 is 0 Å². The first-order valence-corrected chi connectivity index (χ1v) is 12.7. The number of anilines is 1. The van der Waals surface area contributed by atoms with Crippen LogP contribution in [0.1, 0.15) is 36.6 Å². The van der Waals surface area contributed by atoms with Gasteiger partial charge in [0.15, 0.2) is 11.5 Å². The van der Waals surface area contributed by atoms with E-state index in [2.05, 4.69) is 5.32 Å². The number of nitrogens with one attached hydrogen (secondary N) is 1. The van der Waals surface area contributed by atoms with Gasteiger partial charge in [-0.3, -0.25) is 19.2 Å². The number of thioether (sulfide) groups is 1. The van der Waals surface area contributed by atoms with Crippen molar-refractivity contribution in [3.05, 3.63) is 59.7 Å². The molecule has 3 aromatic rings. The van der Waals surface area contributed by atoms with Crippen LogP contribution in [-0.4, -0.2) is 46.7 Å². The summed E-state index contributed by atoms with van der Waals surface area (Å²) >= 11 is 1.53. The Morgan fingerprint density at radius 3 is 2.74 bits per heavy atom. The van der Waals surface area contributed by atoms with Crippen molar-refractivity contribution in [3.8, 4) is 22.8 Å². The molecule has 1 N–H and O–H groups in total. The number of fused-ring (bicyclic) bond motifs is 2. The minimum absolute atomic E-state index is 0.0335. The molecule has 35 heavy (non-hydrogen) atoms. The molecule has 0 aliphatic carbocycles. The van der Waals surface area contributed by atoms with Gasteiger partial charge in [0, 0.05) is 24.2 Å². The van der Waals surface area contributed by atoms with E-state index in [0.717, 1.165) is 28.8 Å². The lowest BCUT2D eigenvalue weighted by atomic mass is 9.99. The first-order chi connectivity index (χ1) is 17.0. The Morgan fingerprint density at radius 2 is 1.97 bits per heavy atom. The van der Waals surface area contributed by atoms with E-state index < -0.39 is 0 Å². The number of hydrogen-bond acceptors (Lipinski definition) is 6. The van der Waals surface area contributed by atoms with Crippen molar-refractivity contribution >= 4 is 29.4 Å². The number of aromatic nitrogens is 2. The third kappa shape index (κ3) is 4.48. The maximum Gasteiger partial charge on any atom is 0.240 e. The minimum atomic E-state index is -0.187. The summed E-state index contributed by atoms with van der Waals surface area (Å²) in [5.41, 5.74) is 3.64. The van der Waals surface area contributed by atoms with E-state index in [1.807, 2.05) is 69.4 Å². The van der Waals surface area contributed by atoms with Crippen LogP contribution in [0.25, 0.3) is 11.3 Å². The van der Waals surface area contributed by atoms with E-state index in [4.69, 9.17) is 14.6 Å². The Balaban J connectivity index is 1.63. The largest absolute Gasteiger partial charge is 0.454 e. The monoisotopic (exact) mass is 492 g/mol. The lowest BCUT2D eigenvalue weighted by molar-refractivity contribution is -0.123. The van der Waals surface area contributed by atoms with Crippen molar-refractivity contribution in [2.24, 2.45) is 7.05 Å². The van der Waals surface area contributed by atoms with E-state index in [1.54, 1.807) is 9.58 Å². The molecule has 8 nitrogen and oxygen atoms in total. The van der Waals surface area contributed by atoms with Gasteiger partial charge < -0.3 is 14.8 Å². The fourth-order valence-corrected chi connectivity index (χ4v) is 5.59. The Labute approximate surface area is 208 Å². The molecule has 2 unspecified atom stereocenters. The van der Waals surface area contributed by atoms with Gasteiger partial charge in [0.25, 0.3) is 0 Å². The molecule has 3 heterocycles. The van der Waals surface area contributed by atoms with Crippen LogP contribution in [0.15, 0.2) is 48.5 Å². The lowest BCUT2D eigenvalue weighted by Crippen LogP contribution is -2.44. The van der Waals surface area contributed by atoms with E-state index >= 15 is 0 Å². The zero-order chi connectivity index (χ0) is 24.5. The number of ether oxygens (including phenoxy) is 2. The van der Waals surface area contributed by atoms with E-state index in [-0.39, 0.29) is 42.2 Å². The third-order valence-corrected chi connectivity index (χ3v) is 7.57. The number of benzene rings is 2. The second-order valence-electron chi connectivity index (χ2n) is 8.74. The predicted molar refractivity (Wildman–Crippen MR) is 136 cm³/mol. The van der Waals surface area contributed by atoms with Crippen molar-refractivity contribution < 1.29 is 19.1 Å². The topological polar surface area (TPSA) is 85.7 Å². The summed E-state index contributed by atoms with van der Waals surface area (Å²) in [5, 5.41) is 7.64. The van der Waals surface area contributed by atoms with Gasteiger partial charge in [0.1, 0.15) is 12.4 Å². The second-order valence-corrected chi connectivity index (χ2v) is 9.83. The molecule has 0 fully saturated rings. The van der Waals surface area contributed by atoms with Crippen LogP contribution in [0.2, 0.25) is 0 Å². The van der Waals surface area contributed by atoms with Crippen molar-refractivity contribution in [1.82, 2.24) is 15.1 Å². The number of amides is 2. The summed E-state index contributed by atoms with van der Waals surface area (Å²) < 4.78 is 12.8. The van der Waals surface area contributed by atoms with Crippen LogP contribution < -0.4 is 19.7 Å². The number of carbonyl (C=O) groups is 2. The maximum atomic E-state index is 13.4. The van der Waals surface area contributed by atoms with E-state index in [1.165, 1.54) is 11.8 Å². The molecule has 0 spiro atoms. The number of aryl methyl sites for hydroxylation is 1. The molecular formula is C26H28N4O4S. The molecule has 2 aromatic carbocycles. The predicted octanol–water partition coefficient (Wildman–Crippen LogP) is 3.90. The summed E-state index contributed by atoms with van der Waals surface area (Å²) in [4.78, 5) is 27.8. The van der Waals surface area contributed by atoms with Crippen molar-refractivity contribution in [3.63, 3.8) is 0 Å². The normalized spacial score (nSPS) is 17.6. The molecule has 0 radical (unpaired) electrons. The van der Waals surface area contributed by atoms with Crippen LogP contribution in [-0.2, 0) is 16.6 Å². The molecule has 0 saturated carbocycles. The standard InChI is InChI=1S/C26H28N4O4S/c1-4-16(2)27-21(31)13-30-22(32)14-35-25(18-10-11-19-20(12-18)34-15-33-19)23-24(28-29(3)26(23)30)17-8-6-5-7-9-17/h5-12,16,25H,4,13-15H2,1-3H3,(H,27,31). The number of rotatable bonds is 6. The van der Waals surface area contributed by atoms with E-state index in [9.17, 15) is 9.59 Å². The zero-order valence-corrected chi connectivity index (χ0v) is 20.8. The number of nitrogens with zero attached hydrogens (tertiary/aromatic N) is 3. The van der Waals surface area contributed by atoms with Gasteiger partial charge in [-0.2, -0.15) is 5.10 Å². The van der Waals surface area contributed by atoms with Gasteiger partial charge in [-0.15, -0.1) is 11.8 Å². The van der Waals surface area contributed by atoms with Gasteiger partial charge in [0.2, 0.25) is 18.6 Å². The van der Waals surface area contributed by atoms with E-state index in [0.29, 0.717) is 17.3 Å². The van der Waals surface area contributed by atoms with Crippen LogP contribution in [0.3, 0.4) is 0 Å². The average molecular weight is 493 g/mol. The molecule has 9 heteroatoms. The molecule has 0 bridgehead atoms. The van der Waals surface area contributed by atoms with Crippen LogP contribution in [0.5, 0.6) is 11.5 Å². The van der Waals surface area contributed by atoms with Gasteiger partial charge in [-0.05, 0) is 31.0 Å². The highest BCUT2D eigenvalue weighted by Gasteiger charge is 2.37. The molecule has 2 amide bonds. The Morgan fingerprint density at radius 1 is 1.20 bits per heavy atom. The van der Waals surface area contributed by atoms with Crippen LogP contribution in [0, 0.1) is 0 Å². The smallest absolute Gasteiger partial charge is 0.240 e. The summed E-state index contributed by atoms with van der Waals surface area (Å²) in [6.07, 6.45) is 0.816. The first kappa shape index (κ1) is 23.3. The highest BCUT2D eigenvalue weighted by molar-refractivity contribution is 8.00. The lowest BCUT2D eigenvalue weighted by Gasteiger charge is -2.23. The summed E-state index contributed by atoms with van der Waals surface area (Å²) in [6, 6.07) is 15.8. The van der Waals surface area contributed by atoms with Crippen LogP contribution in [0.4, 0.5) is 5.82 Å². The highest BCUT2D eigenvalue weighted by atomic mass is 32.2. The fraction of sp³-hybridized carbons (Fsp3) is 0.346. The average Bonchev–Trinajstić information content (AvgIpc) is 3.43. The van der Waals surface area contributed by atoms with Crippen molar-refractivity contribution in [1.29, 1.82) is 0 Å². The molecule has 0 saturated heterocycles. The SMILES string of the molecule is CCC(C)NC(=O)CN1C(=O)CSC(c2ccc3c(c2)OCO3)c2c(-c3ccccc3)nn(C)c21.